The van der Waals surface area contributed by atoms with Gasteiger partial charge in [-0.1, -0.05) is 0 Å². The molecule has 0 spiro atoms. The molecule has 0 unspecified atom stereocenters. The van der Waals surface area contributed by atoms with Crippen LogP contribution >= 0.6 is 27.3 Å². The minimum absolute atomic E-state index is 0.0781. The number of thiophene rings is 1. The van der Waals surface area contributed by atoms with E-state index in [1.54, 1.807) is 0 Å². The van der Waals surface area contributed by atoms with Crippen LogP contribution in [0.4, 0.5) is 10.1 Å². The molecule has 0 radical (unpaired) electrons. The molecule has 2 rings (SSSR count). The van der Waals surface area contributed by atoms with Gasteiger partial charge in [-0.3, -0.25) is 4.72 Å². The van der Waals surface area contributed by atoms with Crippen molar-refractivity contribution in [3.8, 4) is 0 Å². The third-order valence-corrected chi connectivity index (χ3v) is 5.30. The lowest BCUT2D eigenvalue weighted by Crippen LogP contribution is -2.12. The van der Waals surface area contributed by atoms with E-state index < -0.39 is 21.8 Å². The number of hydrogen-bond acceptors (Lipinski definition) is 4. The molecule has 20 heavy (non-hydrogen) atoms. The van der Waals surface area contributed by atoms with Crippen molar-refractivity contribution < 1.29 is 22.7 Å². The summed E-state index contributed by atoms with van der Waals surface area (Å²) in [6, 6.07) is 4.71. The van der Waals surface area contributed by atoms with Crippen LogP contribution in [-0.2, 0) is 10.0 Å². The third-order valence-electron chi connectivity index (χ3n) is 2.27. The normalized spacial score (nSPS) is 11.3. The van der Waals surface area contributed by atoms with Crippen molar-refractivity contribution in [2.45, 2.75) is 4.90 Å². The molecule has 0 saturated heterocycles. The molecule has 5 nitrogen and oxygen atoms in total. The fraction of sp³-hybridized carbons (Fsp3) is 0. The van der Waals surface area contributed by atoms with Gasteiger partial charge in [-0.2, -0.15) is 0 Å². The smallest absolute Gasteiger partial charge is 0.345 e. The van der Waals surface area contributed by atoms with E-state index in [2.05, 4.69) is 20.7 Å². The number of aromatic carboxylic acids is 1. The molecular formula is C11H7BrFNO4S2. The summed E-state index contributed by atoms with van der Waals surface area (Å²) in [6.45, 7) is 0. The van der Waals surface area contributed by atoms with Crippen LogP contribution in [0.1, 0.15) is 9.67 Å². The third kappa shape index (κ3) is 3.17. The molecule has 0 atom stereocenters. The number of anilines is 1. The Morgan fingerprint density at radius 2 is 2.05 bits per heavy atom. The molecule has 1 aromatic carbocycles. The number of carbonyl (C=O) groups is 1. The standard InChI is InChI=1S/C11H7BrFNO4S2/c12-8-3-6(1-2-9(8)13)14-20(17,18)7-4-10(11(15)16)19-5-7/h1-5,14H,(H,15,16). The number of benzene rings is 1. The minimum Gasteiger partial charge on any atom is -0.477 e. The summed E-state index contributed by atoms with van der Waals surface area (Å²) in [6.07, 6.45) is 0. The second kappa shape index (κ2) is 5.51. The van der Waals surface area contributed by atoms with E-state index in [0.717, 1.165) is 23.5 Å². The number of halogens is 2. The molecule has 106 valence electrons. The van der Waals surface area contributed by atoms with Gasteiger partial charge in [-0.25, -0.2) is 17.6 Å². The minimum atomic E-state index is -3.90. The molecule has 1 heterocycles. The van der Waals surface area contributed by atoms with Gasteiger partial charge in [0.05, 0.1) is 15.1 Å². The maximum atomic E-state index is 13.1. The topological polar surface area (TPSA) is 83.5 Å². The van der Waals surface area contributed by atoms with E-state index in [4.69, 9.17) is 5.11 Å². The van der Waals surface area contributed by atoms with Crippen LogP contribution < -0.4 is 4.72 Å². The second-order valence-electron chi connectivity index (χ2n) is 3.69. The SMILES string of the molecule is O=C(O)c1cc(S(=O)(=O)Nc2ccc(F)c(Br)c2)cs1. The molecule has 0 aliphatic rings. The van der Waals surface area contributed by atoms with E-state index in [-0.39, 0.29) is 19.9 Å². The van der Waals surface area contributed by atoms with Crippen LogP contribution in [0.3, 0.4) is 0 Å². The Hall–Kier alpha value is -1.45. The molecule has 2 N–H and O–H groups in total. The lowest BCUT2D eigenvalue weighted by Gasteiger charge is -2.07. The molecule has 2 aromatic rings. The van der Waals surface area contributed by atoms with Crippen molar-refractivity contribution in [1.82, 2.24) is 0 Å². The molecule has 0 aliphatic heterocycles. The second-order valence-corrected chi connectivity index (χ2v) is 7.13. The van der Waals surface area contributed by atoms with Gasteiger partial charge < -0.3 is 5.11 Å². The molecule has 0 aliphatic carbocycles. The fourth-order valence-electron chi connectivity index (χ4n) is 1.35. The zero-order valence-electron chi connectivity index (χ0n) is 9.63. The molecule has 1 aromatic heterocycles. The lowest BCUT2D eigenvalue weighted by atomic mass is 10.3. The van der Waals surface area contributed by atoms with Crippen molar-refractivity contribution in [2.24, 2.45) is 0 Å². The monoisotopic (exact) mass is 379 g/mol. The largest absolute Gasteiger partial charge is 0.477 e. The molecule has 0 amide bonds. The van der Waals surface area contributed by atoms with Crippen molar-refractivity contribution in [1.29, 1.82) is 0 Å². The first-order valence-electron chi connectivity index (χ1n) is 5.09. The van der Waals surface area contributed by atoms with Gasteiger partial charge in [0.2, 0.25) is 0 Å². The van der Waals surface area contributed by atoms with E-state index >= 15 is 0 Å². The van der Waals surface area contributed by atoms with Gasteiger partial charge in [0, 0.05) is 5.38 Å². The number of carboxylic acid groups (broad SMARTS) is 1. The predicted octanol–water partition coefficient (Wildman–Crippen LogP) is 3.15. The van der Waals surface area contributed by atoms with Gasteiger partial charge in [0.1, 0.15) is 10.7 Å². The zero-order valence-corrected chi connectivity index (χ0v) is 12.9. The Morgan fingerprint density at radius 3 is 2.60 bits per heavy atom. The number of carboxylic acids is 1. The highest BCUT2D eigenvalue weighted by Crippen LogP contribution is 2.24. The Balaban J connectivity index is 2.30. The predicted molar refractivity (Wildman–Crippen MR) is 76.2 cm³/mol. The summed E-state index contributed by atoms with van der Waals surface area (Å²) in [4.78, 5) is 10.5. The van der Waals surface area contributed by atoms with Crippen molar-refractivity contribution in [3.05, 3.63) is 44.8 Å². The van der Waals surface area contributed by atoms with E-state index in [9.17, 15) is 17.6 Å². The zero-order chi connectivity index (χ0) is 14.9. The highest BCUT2D eigenvalue weighted by molar-refractivity contribution is 9.10. The first-order chi connectivity index (χ1) is 9.29. The van der Waals surface area contributed by atoms with Gasteiger partial charge in [-0.05, 0) is 40.2 Å². The van der Waals surface area contributed by atoms with Crippen molar-refractivity contribution in [2.75, 3.05) is 4.72 Å². The summed E-state index contributed by atoms with van der Waals surface area (Å²) >= 11 is 3.76. The van der Waals surface area contributed by atoms with Crippen LogP contribution in [0.5, 0.6) is 0 Å². The van der Waals surface area contributed by atoms with Gasteiger partial charge >= 0.3 is 5.97 Å². The van der Waals surface area contributed by atoms with E-state index in [1.807, 2.05) is 0 Å². The molecular weight excluding hydrogens is 373 g/mol. The van der Waals surface area contributed by atoms with Crippen LogP contribution in [0.2, 0.25) is 0 Å². The quantitative estimate of drug-likeness (QED) is 0.854. The summed E-state index contributed by atoms with van der Waals surface area (Å²) in [7, 11) is -3.90. The maximum Gasteiger partial charge on any atom is 0.345 e. The number of sulfonamides is 1. The van der Waals surface area contributed by atoms with Crippen molar-refractivity contribution >= 4 is 48.9 Å². The first-order valence-corrected chi connectivity index (χ1v) is 8.25. The van der Waals surface area contributed by atoms with Crippen LogP contribution in [0, 0.1) is 5.82 Å². The van der Waals surface area contributed by atoms with Crippen LogP contribution in [0.25, 0.3) is 0 Å². The maximum absolute atomic E-state index is 13.1. The first kappa shape index (κ1) is 14.9. The summed E-state index contributed by atoms with van der Waals surface area (Å²) in [5.41, 5.74) is 0.168. The van der Waals surface area contributed by atoms with E-state index in [1.165, 1.54) is 17.5 Å². The Labute approximate surface area is 126 Å². The van der Waals surface area contributed by atoms with Gasteiger partial charge in [0.15, 0.2) is 0 Å². The van der Waals surface area contributed by atoms with Crippen LogP contribution in [-0.4, -0.2) is 19.5 Å². The number of rotatable bonds is 4. The summed E-state index contributed by atoms with van der Waals surface area (Å²) in [5.74, 6) is -1.71. The molecule has 9 heteroatoms. The summed E-state index contributed by atoms with van der Waals surface area (Å²) < 4.78 is 39.5. The highest BCUT2D eigenvalue weighted by Gasteiger charge is 2.19. The number of hydrogen-bond donors (Lipinski definition) is 2. The Bertz CT molecular complexity index is 772. The molecule has 0 fully saturated rings. The average Bonchev–Trinajstić information content (AvgIpc) is 2.84. The fourth-order valence-corrected chi connectivity index (χ4v) is 3.89. The lowest BCUT2D eigenvalue weighted by molar-refractivity contribution is 0.0702. The van der Waals surface area contributed by atoms with Gasteiger partial charge in [0.25, 0.3) is 10.0 Å². The average molecular weight is 380 g/mol. The van der Waals surface area contributed by atoms with Crippen molar-refractivity contribution in [3.63, 3.8) is 0 Å². The number of nitrogens with one attached hydrogen (secondary N) is 1. The Kier molecular flexibility index (Phi) is 4.11. The summed E-state index contributed by atoms with van der Waals surface area (Å²) in [5, 5.41) is 9.99. The Morgan fingerprint density at radius 1 is 1.35 bits per heavy atom. The molecule has 0 saturated carbocycles. The van der Waals surface area contributed by atoms with E-state index in [0.29, 0.717) is 0 Å². The van der Waals surface area contributed by atoms with Crippen LogP contribution in [0.15, 0.2) is 39.0 Å². The van der Waals surface area contributed by atoms with Gasteiger partial charge in [-0.15, -0.1) is 11.3 Å². The molecule has 0 bridgehead atoms. The highest BCUT2D eigenvalue weighted by atomic mass is 79.9.